The van der Waals surface area contributed by atoms with Gasteiger partial charge in [-0.25, -0.2) is 8.42 Å². The fourth-order valence-corrected chi connectivity index (χ4v) is 5.17. The van der Waals surface area contributed by atoms with E-state index >= 15 is 0 Å². The van der Waals surface area contributed by atoms with Gasteiger partial charge in [0.1, 0.15) is 5.01 Å². The lowest BCUT2D eigenvalue weighted by molar-refractivity contribution is 0.0730. The Morgan fingerprint density at radius 1 is 1.22 bits per heavy atom. The fourth-order valence-electron chi connectivity index (χ4n) is 2.77. The summed E-state index contributed by atoms with van der Waals surface area (Å²) in [6, 6.07) is 4.77. The van der Waals surface area contributed by atoms with Crippen LogP contribution in [0.4, 0.5) is 5.13 Å². The van der Waals surface area contributed by atoms with Gasteiger partial charge in [-0.2, -0.15) is 4.31 Å². The zero-order valence-corrected chi connectivity index (χ0v) is 16.9. The predicted molar refractivity (Wildman–Crippen MR) is 103 cm³/mol. The van der Waals surface area contributed by atoms with Crippen LogP contribution < -0.4 is 5.32 Å². The first-order chi connectivity index (χ1) is 13.0. The molecule has 0 bridgehead atoms. The number of carbonyl (C=O) groups excluding carboxylic acids is 1. The second-order valence-electron chi connectivity index (χ2n) is 6.00. The average Bonchev–Trinajstić information content (AvgIpc) is 3.15. The molecule has 27 heavy (non-hydrogen) atoms. The van der Waals surface area contributed by atoms with Crippen molar-refractivity contribution in [2.24, 2.45) is 0 Å². The van der Waals surface area contributed by atoms with Crippen molar-refractivity contribution >= 4 is 32.4 Å². The fraction of sp³-hybridized carbons (Fsp3) is 0.471. The van der Waals surface area contributed by atoms with Crippen molar-refractivity contribution in [2.75, 3.05) is 31.6 Å². The molecule has 1 fully saturated rings. The van der Waals surface area contributed by atoms with Crippen molar-refractivity contribution in [3.8, 4) is 0 Å². The van der Waals surface area contributed by atoms with E-state index < -0.39 is 15.9 Å². The van der Waals surface area contributed by atoms with Crippen molar-refractivity contribution in [1.29, 1.82) is 0 Å². The molecule has 0 saturated carbocycles. The number of ether oxygens (including phenoxy) is 1. The molecule has 146 valence electrons. The first-order valence-electron chi connectivity index (χ1n) is 8.80. The summed E-state index contributed by atoms with van der Waals surface area (Å²) in [7, 11) is -3.69. The van der Waals surface area contributed by atoms with Gasteiger partial charge < -0.3 is 4.74 Å². The molecule has 1 saturated heterocycles. The van der Waals surface area contributed by atoms with Gasteiger partial charge in [-0.05, 0) is 30.5 Å². The van der Waals surface area contributed by atoms with E-state index in [-0.39, 0.29) is 10.5 Å². The Kier molecular flexibility index (Phi) is 6.20. The molecule has 1 aliphatic heterocycles. The molecule has 1 aliphatic rings. The minimum atomic E-state index is -3.69. The van der Waals surface area contributed by atoms with E-state index in [0.717, 1.165) is 11.4 Å². The highest BCUT2D eigenvalue weighted by molar-refractivity contribution is 7.89. The Hall–Kier alpha value is -1.88. The molecule has 1 aromatic carbocycles. The van der Waals surface area contributed by atoms with Crippen LogP contribution in [0.25, 0.3) is 0 Å². The summed E-state index contributed by atoms with van der Waals surface area (Å²) in [5, 5.41) is 11.8. The standard InChI is InChI=1S/C17H22N4O4S2/c1-3-12-5-6-13(16(22)18-17-20-19-15(4-2)26-17)11-14(12)27(23,24)21-7-9-25-10-8-21/h5-6,11H,3-4,7-10H2,1-2H3,(H,18,20,22). The Morgan fingerprint density at radius 2 is 1.96 bits per heavy atom. The van der Waals surface area contributed by atoms with Crippen LogP contribution in [0.5, 0.6) is 0 Å². The zero-order valence-electron chi connectivity index (χ0n) is 15.3. The summed E-state index contributed by atoms with van der Waals surface area (Å²) in [5.74, 6) is -0.408. The summed E-state index contributed by atoms with van der Waals surface area (Å²) in [4.78, 5) is 12.7. The summed E-state index contributed by atoms with van der Waals surface area (Å²) < 4.78 is 32.8. The molecule has 1 amide bonds. The number of nitrogens with one attached hydrogen (secondary N) is 1. The van der Waals surface area contributed by atoms with Gasteiger partial charge in [-0.3, -0.25) is 10.1 Å². The highest BCUT2D eigenvalue weighted by Gasteiger charge is 2.29. The molecule has 0 atom stereocenters. The van der Waals surface area contributed by atoms with Crippen LogP contribution in [0.15, 0.2) is 23.1 Å². The molecule has 0 aliphatic carbocycles. The average molecular weight is 411 g/mol. The van der Waals surface area contributed by atoms with Gasteiger partial charge in [0.25, 0.3) is 5.91 Å². The number of benzene rings is 1. The van der Waals surface area contributed by atoms with Crippen LogP contribution in [0.1, 0.15) is 34.8 Å². The van der Waals surface area contributed by atoms with Gasteiger partial charge >= 0.3 is 0 Å². The number of hydrogen-bond acceptors (Lipinski definition) is 7. The highest BCUT2D eigenvalue weighted by Crippen LogP contribution is 2.24. The maximum Gasteiger partial charge on any atom is 0.257 e. The molecule has 1 N–H and O–H groups in total. The largest absolute Gasteiger partial charge is 0.379 e. The zero-order chi connectivity index (χ0) is 19.4. The molecule has 2 aromatic rings. The third-order valence-corrected chi connectivity index (χ3v) is 7.25. The van der Waals surface area contributed by atoms with Crippen molar-refractivity contribution in [3.63, 3.8) is 0 Å². The van der Waals surface area contributed by atoms with Gasteiger partial charge in [0, 0.05) is 18.7 Å². The van der Waals surface area contributed by atoms with E-state index in [0.29, 0.717) is 43.4 Å². The number of anilines is 1. The Morgan fingerprint density at radius 3 is 2.59 bits per heavy atom. The molecular formula is C17H22N4O4S2. The van der Waals surface area contributed by atoms with Gasteiger partial charge in [-0.15, -0.1) is 10.2 Å². The number of morpholine rings is 1. The second kappa shape index (κ2) is 8.42. The number of hydrogen-bond donors (Lipinski definition) is 1. The van der Waals surface area contributed by atoms with E-state index in [1.807, 2.05) is 13.8 Å². The molecule has 10 heteroatoms. The lowest BCUT2D eigenvalue weighted by Gasteiger charge is -2.27. The summed E-state index contributed by atoms with van der Waals surface area (Å²) >= 11 is 1.30. The molecule has 8 nitrogen and oxygen atoms in total. The Balaban J connectivity index is 1.89. The van der Waals surface area contributed by atoms with Gasteiger partial charge in [0.15, 0.2) is 0 Å². The summed E-state index contributed by atoms with van der Waals surface area (Å²) in [6.07, 6.45) is 1.29. The highest BCUT2D eigenvalue weighted by atomic mass is 32.2. The van der Waals surface area contributed by atoms with Crippen LogP contribution in [-0.4, -0.2) is 55.1 Å². The van der Waals surface area contributed by atoms with E-state index in [4.69, 9.17) is 4.74 Å². The molecule has 2 heterocycles. The minimum absolute atomic E-state index is 0.172. The third-order valence-electron chi connectivity index (χ3n) is 4.29. The van der Waals surface area contributed by atoms with Crippen LogP contribution in [0.2, 0.25) is 0 Å². The molecule has 1 aromatic heterocycles. The van der Waals surface area contributed by atoms with Crippen LogP contribution >= 0.6 is 11.3 Å². The molecule has 0 radical (unpaired) electrons. The first kappa shape index (κ1) is 19.9. The van der Waals surface area contributed by atoms with Crippen molar-refractivity contribution in [1.82, 2.24) is 14.5 Å². The Labute approximate surface area is 162 Å². The second-order valence-corrected chi connectivity index (χ2v) is 8.97. The smallest absolute Gasteiger partial charge is 0.257 e. The number of rotatable bonds is 6. The summed E-state index contributed by atoms with van der Waals surface area (Å²) in [6.45, 7) is 5.22. The van der Waals surface area contributed by atoms with E-state index in [1.54, 1.807) is 12.1 Å². The van der Waals surface area contributed by atoms with Crippen molar-refractivity contribution in [2.45, 2.75) is 31.6 Å². The minimum Gasteiger partial charge on any atom is -0.379 e. The predicted octanol–water partition coefficient (Wildman–Crippen LogP) is 1.94. The lowest BCUT2D eigenvalue weighted by Crippen LogP contribution is -2.41. The van der Waals surface area contributed by atoms with Gasteiger partial charge in [0.05, 0.1) is 18.1 Å². The molecule has 3 rings (SSSR count). The number of nitrogens with zero attached hydrogens (tertiary/aromatic N) is 3. The van der Waals surface area contributed by atoms with E-state index in [1.165, 1.54) is 21.7 Å². The maximum atomic E-state index is 13.1. The number of sulfonamides is 1. The van der Waals surface area contributed by atoms with E-state index in [9.17, 15) is 13.2 Å². The third kappa shape index (κ3) is 4.34. The van der Waals surface area contributed by atoms with Gasteiger partial charge in [0.2, 0.25) is 15.2 Å². The normalized spacial score (nSPS) is 15.6. The molecular weight excluding hydrogens is 388 g/mol. The molecule has 0 spiro atoms. The van der Waals surface area contributed by atoms with Gasteiger partial charge in [-0.1, -0.05) is 31.3 Å². The quantitative estimate of drug-likeness (QED) is 0.781. The van der Waals surface area contributed by atoms with Crippen LogP contribution in [0, 0.1) is 0 Å². The van der Waals surface area contributed by atoms with E-state index in [2.05, 4.69) is 15.5 Å². The molecule has 0 unspecified atom stereocenters. The number of amides is 1. The monoisotopic (exact) mass is 410 g/mol. The topological polar surface area (TPSA) is 101 Å². The first-order valence-corrected chi connectivity index (χ1v) is 11.1. The number of carbonyl (C=O) groups is 1. The lowest BCUT2D eigenvalue weighted by atomic mass is 10.1. The SMILES string of the molecule is CCc1nnc(NC(=O)c2ccc(CC)c(S(=O)(=O)N3CCOCC3)c2)s1. The van der Waals surface area contributed by atoms with Crippen LogP contribution in [0.3, 0.4) is 0 Å². The van der Waals surface area contributed by atoms with Crippen molar-refractivity contribution < 1.29 is 17.9 Å². The number of aryl methyl sites for hydroxylation is 2. The maximum absolute atomic E-state index is 13.1. The Bertz CT molecular complexity index is 921. The van der Waals surface area contributed by atoms with Crippen LogP contribution in [-0.2, 0) is 27.6 Å². The number of aromatic nitrogens is 2. The summed E-state index contributed by atoms with van der Waals surface area (Å²) in [5.41, 5.74) is 0.953. The van der Waals surface area contributed by atoms with Crippen molar-refractivity contribution in [3.05, 3.63) is 34.3 Å².